The fourth-order valence-electron chi connectivity index (χ4n) is 3.06. The van der Waals surface area contributed by atoms with Crippen LogP contribution in [0.5, 0.6) is 5.75 Å². The Morgan fingerprint density at radius 2 is 1.53 bits per heavy atom. The molecule has 0 saturated carbocycles. The Morgan fingerprint density at radius 3 is 2.27 bits per heavy atom. The monoisotopic (exact) mass is 403 g/mol. The fourth-order valence-corrected chi connectivity index (χ4v) is 3.06. The van der Waals surface area contributed by atoms with E-state index < -0.39 is 5.97 Å². The number of benzene rings is 3. The molecule has 3 aromatic carbocycles. The number of para-hydroxylation sites is 1. The molecule has 0 aliphatic rings. The lowest BCUT2D eigenvalue weighted by Gasteiger charge is -2.11. The number of nitrogens with one attached hydrogen (secondary N) is 1. The summed E-state index contributed by atoms with van der Waals surface area (Å²) >= 11 is 0. The van der Waals surface area contributed by atoms with Crippen molar-refractivity contribution in [1.82, 2.24) is 0 Å². The quantitative estimate of drug-likeness (QED) is 0.538. The molecule has 0 radical (unpaired) electrons. The lowest BCUT2D eigenvalue weighted by molar-refractivity contribution is -0.147. The van der Waals surface area contributed by atoms with E-state index in [4.69, 9.17) is 9.47 Å². The van der Waals surface area contributed by atoms with Crippen molar-refractivity contribution in [3.8, 4) is 5.75 Å². The van der Waals surface area contributed by atoms with Crippen LogP contribution in [0.3, 0.4) is 0 Å². The summed E-state index contributed by atoms with van der Waals surface area (Å²) < 4.78 is 10.2. The third-order valence-corrected chi connectivity index (χ3v) is 4.67. The second-order valence-corrected chi connectivity index (χ2v) is 6.88. The highest BCUT2D eigenvalue weighted by Gasteiger charge is 2.11. The Balaban J connectivity index is 1.46. The van der Waals surface area contributed by atoms with Crippen molar-refractivity contribution >= 4 is 17.6 Å². The maximum absolute atomic E-state index is 12.3. The lowest BCUT2D eigenvalue weighted by atomic mass is 10.0. The summed E-state index contributed by atoms with van der Waals surface area (Å²) in [5.74, 6) is 0.0115. The van der Waals surface area contributed by atoms with Crippen LogP contribution in [-0.4, -0.2) is 25.6 Å². The van der Waals surface area contributed by atoms with Crippen LogP contribution < -0.4 is 10.1 Å². The van der Waals surface area contributed by atoms with Gasteiger partial charge in [-0.2, -0.15) is 0 Å². The number of aryl methyl sites for hydroxylation is 1. The summed E-state index contributed by atoms with van der Waals surface area (Å²) in [6.45, 7) is -0.304. The molecule has 0 heterocycles. The second kappa shape index (κ2) is 10.8. The molecule has 5 nitrogen and oxygen atoms in total. The molecule has 0 unspecified atom stereocenters. The van der Waals surface area contributed by atoms with Crippen LogP contribution in [0.4, 0.5) is 5.69 Å². The number of hydrogen-bond donors (Lipinski definition) is 1. The molecule has 154 valence electrons. The Morgan fingerprint density at radius 1 is 0.833 bits per heavy atom. The molecule has 0 aliphatic heterocycles. The van der Waals surface area contributed by atoms with Crippen LogP contribution in [0, 0.1) is 0 Å². The van der Waals surface area contributed by atoms with Gasteiger partial charge >= 0.3 is 5.97 Å². The first-order valence-electron chi connectivity index (χ1n) is 9.84. The summed E-state index contributed by atoms with van der Waals surface area (Å²) in [5.41, 5.74) is 3.89. The van der Waals surface area contributed by atoms with E-state index in [1.165, 1.54) is 0 Å². The van der Waals surface area contributed by atoms with Gasteiger partial charge in [0.15, 0.2) is 6.61 Å². The molecule has 0 spiro atoms. The van der Waals surface area contributed by atoms with Gasteiger partial charge in [0.05, 0.1) is 7.11 Å². The van der Waals surface area contributed by atoms with Gasteiger partial charge in [0.25, 0.3) is 5.91 Å². The van der Waals surface area contributed by atoms with Crippen LogP contribution in [0.25, 0.3) is 0 Å². The smallest absolute Gasteiger partial charge is 0.306 e. The average molecular weight is 403 g/mol. The molecule has 1 amide bonds. The summed E-state index contributed by atoms with van der Waals surface area (Å²) in [6, 6.07) is 25.2. The SMILES string of the molecule is COc1ccc(CCC(=O)OCC(=O)Nc2ccccc2Cc2ccccc2)cc1. The third-order valence-electron chi connectivity index (χ3n) is 4.67. The largest absolute Gasteiger partial charge is 0.497 e. The third kappa shape index (κ3) is 6.48. The predicted molar refractivity (Wildman–Crippen MR) is 117 cm³/mol. The van der Waals surface area contributed by atoms with Gasteiger partial charge in [0.2, 0.25) is 0 Å². The number of ether oxygens (including phenoxy) is 2. The van der Waals surface area contributed by atoms with Crippen molar-refractivity contribution in [2.24, 2.45) is 0 Å². The van der Waals surface area contributed by atoms with Gasteiger partial charge in [-0.3, -0.25) is 9.59 Å². The Bertz CT molecular complexity index is 968. The van der Waals surface area contributed by atoms with Gasteiger partial charge in [-0.1, -0.05) is 60.7 Å². The van der Waals surface area contributed by atoms with Gasteiger partial charge in [-0.15, -0.1) is 0 Å². The normalized spacial score (nSPS) is 10.3. The van der Waals surface area contributed by atoms with E-state index >= 15 is 0 Å². The van der Waals surface area contributed by atoms with E-state index in [0.29, 0.717) is 12.8 Å². The van der Waals surface area contributed by atoms with Gasteiger partial charge < -0.3 is 14.8 Å². The van der Waals surface area contributed by atoms with E-state index in [0.717, 1.165) is 28.1 Å². The van der Waals surface area contributed by atoms with Crippen LogP contribution in [-0.2, 0) is 27.2 Å². The van der Waals surface area contributed by atoms with Crippen LogP contribution >= 0.6 is 0 Å². The summed E-state index contributed by atoms with van der Waals surface area (Å²) in [7, 11) is 1.61. The number of hydrogen-bond acceptors (Lipinski definition) is 4. The average Bonchev–Trinajstić information content (AvgIpc) is 2.78. The zero-order chi connectivity index (χ0) is 21.2. The zero-order valence-corrected chi connectivity index (χ0v) is 17.0. The molecule has 30 heavy (non-hydrogen) atoms. The molecule has 0 bridgehead atoms. The molecule has 0 saturated heterocycles. The zero-order valence-electron chi connectivity index (χ0n) is 17.0. The van der Waals surface area contributed by atoms with E-state index in [1.54, 1.807) is 7.11 Å². The maximum Gasteiger partial charge on any atom is 0.306 e. The first-order valence-corrected chi connectivity index (χ1v) is 9.84. The van der Waals surface area contributed by atoms with Gasteiger partial charge in [0.1, 0.15) is 5.75 Å². The molecule has 5 heteroatoms. The Labute approximate surface area is 176 Å². The number of amides is 1. The number of esters is 1. The molecule has 1 N–H and O–H groups in total. The van der Waals surface area contributed by atoms with E-state index in [2.05, 4.69) is 5.32 Å². The molecular formula is C25H25NO4. The number of rotatable bonds is 9. The number of carbonyl (C=O) groups is 2. The summed E-state index contributed by atoms with van der Waals surface area (Å²) in [5, 5.41) is 2.84. The predicted octanol–water partition coefficient (Wildman–Crippen LogP) is 4.40. The number of anilines is 1. The topological polar surface area (TPSA) is 64.6 Å². The maximum atomic E-state index is 12.3. The molecule has 0 fully saturated rings. The first-order chi connectivity index (χ1) is 14.6. The van der Waals surface area contributed by atoms with Crippen molar-refractivity contribution in [2.75, 3.05) is 19.0 Å². The van der Waals surface area contributed by atoms with Gasteiger partial charge in [-0.05, 0) is 47.7 Å². The van der Waals surface area contributed by atoms with Crippen molar-refractivity contribution in [3.63, 3.8) is 0 Å². The van der Waals surface area contributed by atoms with Crippen LogP contribution in [0.1, 0.15) is 23.1 Å². The minimum absolute atomic E-state index is 0.213. The number of carbonyl (C=O) groups excluding carboxylic acids is 2. The van der Waals surface area contributed by atoms with Gasteiger partial charge in [0, 0.05) is 12.1 Å². The molecule has 0 atom stereocenters. The molecule has 0 aromatic heterocycles. The van der Waals surface area contributed by atoms with E-state index in [1.807, 2.05) is 78.9 Å². The van der Waals surface area contributed by atoms with E-state index in [9.17, 15) is 9.59 Å². The highest BCUT2D eigenvalue weighted by Crippen LogP contribution is 2.19. The fraction of sp³-hybridized carbons (Fsp3) is 0.200. The Kier molecular flexibility index (Phi) is 7.61. The minimum atomic E-state index is -0.404. The number of methoxy groups -OCH3 is 1. The second-order valence-electron chi connectivity index (χ2n) is 6.88. The van der Waals surface area contributed by atoms with Crippen LogP contribution in [0.2, 0.25) is 0 Å². The summed E-state index contributed by atoms with van der Waals surface area (Å²) in [6.07, 6.45) is 1.47. The standard InChI is InChI=1S/C25H25NO4/c1-29-22-14-11-19(12-15-22)13-16-25(28)30-18-24(27)26-23-10-6-5-9-21(23)17-20-7-3-2-4-8-20/h2-12,14-15H,13,16-18H2,1H3,(H,26,27). The molecule has 3 aromatic rings. The molecule has 3 rings (SSSR count). The van der Waals surface area contributed by atoms with Crippen LogP contribution in [0.15, 0.2) is 78.9 Å². The lowest BCUT2D eigenvalue weighted by Crippen LogP contribution is -2.21. The van der Waals surface area contributed by atoms with Crippen molar-refractivity contribution in [1.29, 1.82) is 0 Å². The minimum Gasteiger partial charge on any atom is -0.497 e. The highest BCUT2D eigenvalue weighted by atomic mass is 16.5. The molecule has 0 aliphatic carbocycles. The highest BCUT2D eigenvalue weighted by molar-refractivity contribution is 5.93. The Hall–Kier alpha value is -3.60. The molecular weight excluding hydrogens is 378 g/mol. The first kappa shape index (κ1) is 21.1. The van der Waals surface area contributed by atoms with Crippen molar-refractivity contribution < 1.29 is 19.1 Å². The van der Waals surface area contributed by atoms with Gasteiger partial charge in [-0.25, -0.2) is 0 Å². The van der Waals surface area contributed by atoms with Crippen molar-refractivity contribution in [3.05, 3.63) is 95.6 Å². The summed E-state index contributed by atoms with van der Waals surface area (Å²) in [4.78, 5) is 24.2. The van der Waals surface area contributed by atoms with E-state index in [-0.39, 0.29) is 18.9 Å². The van der Waals surface area contributed by atoms with Crippen molar-refractivity contribution in [2.45, 2.75) is 19.3 Å².